The Bertz CT molecular complexity index is 350. The van der Waals surface area contributed by atoms with Gasteiger partial charge in [0.1, 0.15) is 5.82 Å². The summed E-state index contributed by atoms with van der Waals surface area (Å²) in [5.41, 5.74) is 4.50. The molecule has 1 nitrogen and oxygen atoms in total. The molecule has 1 aromatic rings. The average molecular weight is 242 g/mol. The molecular weight excluding hydrogens is 234 g/mol. The van der Waals surface area contributed by atoms with E-state index in [4.69, 9.17) is 17.3 Å². The highest BCUT2D eigenvalue weighted by Crippen LogP contribution is 2.35. The minimum Gasteiger partial charge on any atom is -0.330 e. The molecule has 0 bridgehead atoms. The molecule has 2 N–H and O–H groups in total. The topological polar surface area (TPSA) is 26.0 Å². The van der Waals surface area contributed by atoms with Crippen molar-refractivity contribution in [2.45, 2.75) is 12.1 Å². The monoisotopic (exact) mass is 241 g/mol. The number of alkyl halides is 3. The van der Waals surface area contributed by atoms with Gasteiger partial charge in [-0.3, -0.25) is 0 Å². The maximum Gasteiger partial charge on any atom is 0.397 e. The minimum absolute atomic E-state index is 0.0502. The molecule has 0 aliphatic rings. The Balaban J connectivity index is 3.13. The van der Waals surface area contributed by atoms with E-state index >= 15 is 0 Å². The number of nitrogens with two attached hydrogens (primary N) is 1. The molecule has 0 aliphatic heterocycles. The lowest BCUT2D eigenvalue weighted by molar-refractivity contribution is -0.148. The van der Waals surface area contributed by atoms with Crippen molar-refractivity contribution in [3.05, 3.63) is 34.6 Å². The highest BCUT2D eigenvalue weighted by Gasteiger charge is 2.40. The van der Waals surface area contributed by atoms with Gasteiger partial charge in [-0.25, -0.2) is 4.39 Å². The second-order valence-electron chi connectivity index (χ2n) is 3.00. The van der Waals surface area contributed by atoms with Crippen LogP contribution in [0.3, 0.4) is 0 Å². The van der Waals surface area contributed by atoms with Crippen LogP contribution in [0.5, 0.6) is 0 Å². The van der Waals surface area contributed by atoms with Gasteiger partial charge in [-0.1, -0.05) is 17.7 Å². The summed E-state index contributed by atoms with van der Waals surface area (Å²) in [6.45, 7) is -0.692. The average Bonchev–Trinajstić information content (AvgIpc) is 2.07. The zero-order chi connectivity index (χ0) is 11.6. The van der Waals surface area contributed by atoms with E-state index in [2.05, 4.69) is 0 Å². The highest BCUT2D eigenvalue weighted by molar-refractivity contribution is 6.30. The lowest BCUT2D eigenvalue weighted by atomic mass is 9.98. The summed E-state index contributed by atoms with van der Waals surface area (Å²) in [4.78, 5) is 0. The summed E-state index contributed by atoms with van der Waals surface area (Å²) in [5, 5.41) is 0.0502. The van der Waals surface area contributed by atoms with Crippen molar-refractivity contribution in [2.75, 3.05) is 6.54 Å². The summed E-state index contributed by atoms with van der Waals surface area (Å²) >= 11 is 5.43. The first-order valence-corrected chi connectivity index (χ1v) is 4.45. The summed E-state index contributed by atoms with van der Waals surface area (Å²) < 4.78 is 50.4. The molecule has 0 saturated heterocycles. The first kappa shape index (κ1) is 12.3. The van der Waals surface area contributed by atoms with Crippen LogP contribution in [0.1, 0.15) is 11.5 Å². The third kappa shape index (κ3) is 2.82. The third-order valence-corrected chi connectivity index (χ3v) is 2.20. The predicted octanol–water partition coefficient (Wildman–Crippen LogP) is 3.08. The van der Waals surface area contributed by atoms with E-state index in [1.54, 1.807) is 0 Å². The maximum atomic E-state index is 13.2. The second-order valence-corrected chi connectivity index (χ2v) is 3.43. The molecule has 0 radical (unpaired) electrons. The van der Waals surface area contributed by atoms with Gasteiger partial charge in [0.05, 0.1) is 5.92 Å². The molecular formula is C9H8ClF4N. The Hall–Kier alpha value is -0.810. The molecule has 1 rings (SSSR count). The lowest BCUT2D eigenvalue weighted by Gasteiger charge is -2.19. The van der Waals surface area contributed by atoms with Crippen LogP contribution in [-0.2, 0) is 0 Å². The van der Waals surface area contributed by atoms with Gasteiger partial charge in [0, 0.05) is 17.1 Å². The predicted molar refractivity (Wildman–Crippen MR) is 49.3 cm³/mol. The van der Waals surface area contributed by atoms with E-state index in [9.17, 15) is 17.6 Å². The molecule has 0 saturated carbocycles. The van der Waals surface area contributed by atoms with E-state index in [0.29, 0.717) is 0 Å². The van der Waals surface area contributed by atoms with Crippen LogP contribution in [0.15, 0.2) is 18.2 Å². The zero-order valence-corrected chi connectivity index (χ0v) is 8.24. The molecule has 1 unspecified atom stereocenters. The van der Waals surface area contributed by atoms with Crippen molar-refractivity contribution in [1.82, 2.24) is 0 Å². The van der Waals surface area contributed by atoms with Gasteiger partial charge < -0.3 is 5.73 Å². The van der Waals surface area contributed by atoms with E-state index in [-0.39, 0.29) is 5.02 Å². The van der Waals surface area contributed by atoms with Crippen molar-refractivity contribution in [1.29, 1.82) is 0 Å². The summed E-state index contributed by atoms with van der Waals surface area (Å²) in [5.74, 6) is -2.98. The number of rotatable bonds is 2. The molecule has 6 heteroatoms. The van der Waals surface area contributed by atoms with E-state index in [1.165, 1.54) is 6.07 Å². The Kier molecular flexibility index (Phi) is 3.57. The zero-order valence-electron chi connectivity index (χ0n) is 7.48. The van der Waals surface area contributed by atoms with Gasteiger partial charge in [0.2, 0.25) is 0 Å². The Morgan fingerprint density at radius 2 is 1.93 bits per heavy atom. The van der Waals surface area contributed by atoms with Gasteiger partial charge in [0.25, 0.3) is 0 Å². The summed E-state index contributed by atoms with van der Waals surface area (Å²) in [6, 6.07) is 3.04. The van der Waals surface area contributed by atoms with E-state index < -0.39 is 30.0 Å². The normalized spacial score (nSPS) is 14.0. The van der Waals surface area contributed by atoms with Crippen molar-refractivity contribution in [3.8, 4) is 0 Å². The molecule has 1 aromatic carbocycles. The van der Waals surface area contributed by atoms with Crippen LogP contribution < -0.4 is 5.73 Å². The smallest absolute Gasteiger partial charge is 0.330 e. The van der Waals surface area contributed by atoms with Crippen LogP contribution >= 0.6 is 11.6 Å². The summed E-state index contributed by atoms with van der Waals surface area (Å²) in [6.07, 6.45) is -4.55. The second kappa shape index (κ2) is 4.37. The van der Waals surface area contributed by atoms with Gasteiger partial charge in [-0.2, -0.15) is 13.2 Å². The van der Waals surface area contributed by atoms with E-state index in [0.717, 1.165) is 12.1 Å². The largest absolute Gasteiger partial charge is 0.397 e. The molecule has 1 atom stereocenters. The number of hydrogen-bond donors (Lipinski definition) is 1. The summed E-state index contributed by atoms with van der Waals surface area (Å²) in [7, 11) is 0. The number of halogens is 5. The fourth-order valence-electron chi connectivity index (χ4n) is 1.22. The first-order valence-electron chi connectivity index (χ1n) is 4.08. The first-order chi connectivity index (χ1) is 6.86. The molecule has 0 fully saturated rings. The van der Waals surface area contributed by atoms with Crippen molar-refractivity contribution < 1.29 is 17.6 Å². The van der Waals surface area contributed by atoms with Crippen LogP contribution in [0.4, 0.5) is 17.6 Å². The van der Waals surface area contributed by atoms with Gasteiger partial charge in [-0.05, 0) is 12.1 Å². The Labute approximate surface area is 88.8 Å². The molecule has 0 amide bonds. The highest BCUT2D eigenvalue weighted by atomic mass is 35.5. The van der Waals surface area contributed by atoms with Crippen LogP contribution in [0.25, 0.3) is 0 Å². The molecule has 0 spiro atoms. The van der Waals surface area contributed by atoms with Crippen LogP contribution in [-0.4, -0.2) is 12.7 Å². The lowest BCUT2D eigenvalue weighted by Crippen LogP contribution is -2.28. The van der Waals surface area contributed by atoms with Crippen LogP contribution in [0.2, 0.25) is 5.02 Å². The quantitative estimate of drug-likeness (QED) is 0.791. The molecule has 15 heavy (non-hydrogen) atoms. The molecule has 0 aliphatic carbocycles. The minimum atomic E-state index is -4.55. The standard InChI is InChI=1S/C9H8ClF4N/c10-5-1-2-6(8(11)3-5)7(4-15)9(12,13)14/h1-3,7H,4,15H2. The fourth-order valence-corrected chi connectivity index (χ4v) is 1.38. The van der Waals surface area contributed by atoms with E-state index in [1.807, 2.05) is 0 Å². The fraction of sp³-hybridized carbons (Fsp3) is 0.333. The SMILES string of the molecule is NCC(c1ccc(Cl)cc1F)C(F)(F)F. The van der Waals surface area contributed by atoms with Crippen molar-refractivity contribution >= 4 is 11.6 Å². The Morgan fingerprint density at radius 1 is 1.33 bits per heavy atom. The van der Waals surface area contributed by atoms with Crippen molar-refractivity contribution in [2.24, 2.45) is 5.73 Å². The van der Waals surface area contributed by atoms with Gasteiger partial charge in [-0.15, -0.1) is 0 Å². The molecule has 0 heterocycles. The van der Waals surface area contributed by atoms with Crippen molar-refractivity contribution in [3.63, 3.8) is 0 Å². The number of hydrogen-bond acceptors (Lipinski definition) is 1. The van der Waals surface area contributed by atoms with Crippen LogP contribution in [0, 0.1) is 5.82 Å². The Morgan fingerprint density at radius 3 is 2.33 bits per heavy atom. The molecule has 0 aromatic heterocycles. The van der Waals surface area contributed by atoms with Gasteiger partial charge in [0.15, 0.2) is 0 Å². The third-order valence-electron chi connectivity index (χ3n) is 1.97. The van der Waals surface area contributed by atoms with Gasteiger partial charge >= 0.3 is 6.18 Å². The maximum absolute atomic E-state index is 13.2. The molecule has 84 valence electrons. The number of benzene rings is 1.